The highest BCUT2D eigenvalue weighted by Gasteiger charge is 2.44. The zero-order valence-electron chi connectivity index (χ0n) is 11.7. The molecule has 0 spiro atoms. The van der Waals surface area contributed by atoms with Gasteiger partial charge in [0.05, 0.1) is 0 Å². The Balaban J connectivity index is 2.10. The Kier molecular flexibility index (Phi) is 3.50. The van der Waals surface area contributed by atoms with Gasteiger partial charge in [-0.3, -0.25) is 0 Å². The molecule has 0 bridgehead atoms. The standard InChI is InChI=1S/C16H24FN/c1-15(2,3)13-6-4-12(5-7-13)10-16(17,11-18)14-8-9-14/h4-7,14H,8-11,18H2,1-3H3. The summed E-state index contributed by atoms with van der Waals surface area (Å²) < 4.78 is 14.6. The van der Waals surface area contributed by atoms with E-state index in [1.54, 1.807) is 0 Å². The van der Waals surface area contributed by atoms with Gasteiger partial charge in [0.15, 0.2) is 0 Å². The van der Waals surface area contributed by atoms with Crippen LogP contribution in [0.25, 0.3) is 0 Å². The highest BCUT2D eigenvalue weighted by molar-refractivity contribution is 5.28. The molecule has 1 nitrogen and oxygen atoms in total. The molecule has 18 heavy (non-hydrogen) atoms. The van der Waals surface area contributed by atoms with Gasteiger partial charge in [-0.15, -0.1) is 0 Å². The van der Waals surface area contributed by atoms with E-state index < -0.39 is 5.67 Å². The minimum Gasteiger partial charge on any atom is -0.328 e. The van der Waals surface area contributed by atoms with Crippen LogP contribution in [0.4, 0.5) is 4.39 Å². The first kappa shape index (κ1) is 13.5. The normalized spacial score (nSPS) is 19.6. The van der Waals surface area contributed by atoms with E-state index in [0.29, 0.717) is 6.42 Å². The second kappa shape index (κ2) is 4.65. The van der Waals surface area contributed by atoms with Gasteiger partial charge in [-0.05, 0) is 35.3 Å². The zero-order chi connectivity index (χ0) is 13.4. The quantitative estimate of drug-likeness (QED) is 0.867. The van der Waals surface area contributed by atoms with Gasteiger partial charge in [-0.1, -0.05) is 45.0 Å². The van der Waals surface area contributed by atoms with Crippen LogP contribution in [-0.4, -0.2) is 12.2 Å². The van der Waals surface area contributed by atoms with Crippen molar-refractivity contribution in [2.24, 2.45) is 11.7 Å². The summed E-state index contributed by atoms with van der Waals surface area (Å²) in [5.74, 6) is 0.185. The van der Waals surface area contributed by atoms with Crippen LogP contribution in [0.5, 0.6) is 0 Å². The largest absolute Gasteiger partial charge is 0.328 e. The van der Waals surface area contributed by atoms with Crippen LogP contribution in [-0.2, 0) is 11.8 Å². The van der Waals surface area contributed by atoms with Crippen molar-refractivity contribution in [3.8, 4) is 0 Å². The van der Waals surface area contributed by atoms with Crippen molar-refractivity contribution in [3.63, 3.8) is 0 Å². The molecule has 0 radical (unpaired) electrons. The van der Waals surface area contributed by atoms with Crippen molar-refractivity contribution < 1.29 is 4.39 Å². The van der Waals surface area contributed by atoms with Crippen molar-refractivity contribution in [1.29, 1.82) is 0 Å². The fourth-order valence-electron chi connectivity index (χ4n) is 2.45. The predicted octanol–water partition coefficient (Wildman–Crippen LogP) is 3.60. The number of benzene rings is 1. The lowest BCUT2D eigenvalue weighted by molar-refractivity contribution is 0.142. The summed E-state index contributed by atoms with van der Waals surface area (Å²) in [4.78, 5) is 0. The lowest BCUT2D eigenvalue weighted by Crippen LogP contribution is -2.37. The molecule has 2 rings (SSSR count). The third kappa shape index (κ3) is 2.92. The maximum atomic E-state index is 14.6. The molecule has 0 aliphatic heterocycles. The molecule has 1 atom stereocenters. The van der Waals surface area contributed by atoms with Crippen molar-refractivity contribution in [1.82, 2.24) is 0 Å². The lowest BCUT2D eigenvalue weighted by atomic mass is 9.85. The first-order valence-electron chi connectivity index (χ1n) is 6.83. The average Bonchev–Trinajstić information content (AvgIpc) is 3.12. The number of nitrogens with two attached hydrogens (primary N) is 1. The Morgan fingerprint density at radius 2 is 1.72 bits per heavy atom. The molecule has 1 aliphatic carbocycles. The van der Waals surface area contributed by atoms with Crippen LogP contribution in [0.1, 0.15) is 44.7 Å². The van der Waals surface area contributed by atoms with E-state index in [4.69, 9.17) is 5.73 Å². The molecule has 1 aromatic carbocycles. The Morgan fingerprint density at radius 1 is 1.17 bits per heavy atom. The van der Waals surface area contributed by atoms with Gasteiger partial charge in [0.25, 0.3) is 0 Å². The molecule has 1 unspecified atom stereocenters. The average molecular weight is 249 g/mol. The first-order chi connectivity index (χ1) is 8.35. The molecule has 1 fully saturated rings. The number of hydrogen-bond donors (Lipinski definition) is 1. The molecular formula is C16H24FN. The Bertz CT molecular complexity index is 400. The van der Waals surface area contributed by atoms with E-state index in [1.165, 1.54) is 5.56 Å². The van der Waals surface area contributed by atoms with Crippen LogP contribution >= 0.6 is 0 Å². The smallest absolute Gasteiger partial charge is 0.130 e. The highest BCUT2D eigenvalue weighted by Crippen LogP contribution is 2.43. The monoisotopic (exact) mass is 249 g/mol. The third-order valence-corrected chi connectivity index (χ3v) is 3.97. The highest BCUT2D eigenvalue weighted by atomic mass is 19.1. The molecule has 2 heteroatoms. The predicted molar refractivity (Wildman–Crippen MR) is 74.5 cm³/mol. The van der Waals surface area contributed by atoms with E-state index in [-0.39, 0.29) is 17.9 Å². The van der Waals surface area contributed by atoms with Crippen molar-refractivity contribution in [2.45, 2.75) is 51.1 Å². The Labute approximate surface area is 110 Å². The first-order valence-corrected chi connectivity index (χ1v) is 6.83. The number of rotatable bonds is 4. The van der Waals surface area contributed by atoms with Gasteiger partial charge < -0.3 is 5.73 Å². The van der Waals surface area contributed by atoms with Crippen LogP contribution < -0.4 is 5.73 Å². The summed E-state index contributed by atoms with van der Waals surface area (Å²) in [5.41, 5.74) is 6.92. The van der Waals surface area contributed by atoms with Gasteiger partial charge in [0, 0.05) is 13.0 Å². The van der Waals surface area contributed by atoms with E-state index in [0.717, 1.165) is 18.4 Å². The maximum Gasteiger partial charge on any atom is 0.130 e. The molecule has 0 saturated heterocycles. The maximum absolute atomic E-state index is 14.6. The van der Waals surface area contributed by atoms with E-state index in [2.05, 4.69) is 32.9 Å². The second-order valence-electron chi connectivity index (χ2n) is 6.64. The summed E-state index contributed by atoms with van der Waals surface area (Å²) in [6.45, 7) is 6.70. The van der Waals surface area contributed by atoms with Gasteiger partial charge >= 0.3 is 0 Å². The van der Waals surface area contributed by atoms with E-state index >= 15 is 0 Å². The fraction of sp³-hybridized carbons (Fsp3) is 0.625. The summed E-state index contributed by atoms with van der Waals surface area (Å²) in [6, 6.07) is 8.32. The van der Waals surface area contributed by atoms with Crippen LogP contribution in [0.2, 0.25) is 0 Å². The molecule has 0 aromatic heterocycles. The summed E-state index contributed by atoms with van der Waals surface area (Å²) >= 11 is 0. The van der Waals surface area contributed by atoms with Crippen molar-refractivity contribution >= 4 is 0 Å². The molecule has 1 aliphatic rings. The van der Waals surface area contributed by atoms with Gasteiger partial charge in [0.1, 0.15) is 5.67 Å². The Morgan fingerprint density at radius 3 is 2.11 bits per heavy atom. The second-order valence-corrected chi connectivity index (χ2v) is 6.64. The topological polar surface area (TPSA) is 26.0 Å². The SMILES string of the molecule is CC(C)(C)c1ccc(CC(F)(CN)C2CC2)cc1. The summed E-state index contributed by atoms with van der Waals surface area (Å²) in [5, 5.41) is 0. The molecule has 100 valence electrons. The van der Waals surface area contributed by atoms with Crippen molar-refractivity contribution in [3.05, 3.63) is 35.4 Å². The van der Waals surface area contributed by atoms with Gasteiger partial charge in [0.2, 0.25) is 0 Å². The van der Waals surface area contributed by atoms with Crippen LogP contribution in [0.3, 0.4) is 0 Å². The molecular weight excluding hydrogens is 225 g/mol. The molecule has 2 N–H and O–H groups in total. The lowest BCUT2D eigenvalue weighted by Gasteiger charge is -2.24. The fourth-order valence-corrected chi connectivity index (χ4v) is 2.45. The summed E-state index contributed by atoms with van der Waals surface area (Å²) in [7, 11) is 0. The number of hydrogen-bond acceptors (Lipinski definition) is 1. The van der Waals surface area contributed by atoms with Crippen LogP contribution in [0, 0.1) is 5.92 Å². The number of alkyl halides is 1. The number of halogens is 1. The Hall–Kier alpha value is -0.890. The zero-order valence-corrected chi connectivity index (χ0v) is 11.7. The minimum atomic E-state index is -1.19. The minimum absolute atomic E-state index is 0.138. The van der Waals surface area contributed by atoms with Gasteiger partial charge in [-0.25, -0.2) is 4.39 Å². The van der Waals surface area contributed by atoms with Crippen LogP contribution in [0.15, 0.2) is 24.3 Å². The third-order valence-electron chi connectivity index (χ3n) is 3.97. The molecule has 1 saturated carbocycles. The van der Waals surface area contributed by atoms with E-state index in [1.807, 2.05) is 12.1 Å². The van der Waals surface area contributed by atoms with Crippen molar-refractivity contribution in [2.75, 3.05) is 6.54 Å². The molecule has 1 aromatic rings. The molecule has 0 heterocycles. The molecule has 0 amide bonds. The van der Waals surface area contributed by atoms with Gasteiger partial charge in [-0.2, -0.15) is 0 Å². The summed E-state index contributed by atoms with van der Waals surface area (Å²) in [6.07, 6.45) is 2.44. The van der Waals surface area contributed by atoms with E-state index in [9.17, 15) is 4.39 Å².